The van der Waals surface area contributed by atoms with E-state index in [9.17, 15) is 13.2 Å². The lowest BCUT2D eigenvalue weighted by molar-refractivity contribution is 0.0334. The van der Waals surface area contributed by atoms with Crippen molar-refractivity contribution < 1.29 is 13.2 Å². The van der Waals surface area contributed by atoms with Crippen LogP contribution in [-0.2, 0) is 10.0 Å². The molecule has 0 atom stereocenters. The second-order valence-corrected chi connectivity index (χ2v) is 11.3. The van der Waals surface area contributed by atoms with Gasteiger partial charge in [-0.15, -0.1) is 0 Å². The number of amides is 1. The molecule has 3 rings (SSSR count). The summed E-state index contributed by atoms with van der Waals surface area (Å²) < 4.78 is 26.3. The first kappa shape index (κ1) is 21.6. The molecule has 1 aromatic carbocycles. The lowest BCUT2D eigenvalue weighted by atomic mass is 9.62. The third-order valence-corrected chi connectivity index (χ3v) is 8.58. The van der Waals surface area contributed by atoms with Gasteiger partial charge in [0, 0.05) is 19.6 Å². The summed E-state index contributed by atoms with van der Waals surface area (Å²) in [7, 11) is -1.49. The Kier molecular flexibility index (Phi) is 6.42. The molecule has 1 aromatic rings. The van der Waals surface area contributed by atoms with Crippen LogP contribution in [0.2, 0.25) is 5.02 Å². The molecule has 156 valence electrons. The van der Waals surface area contributed by atoms with Crippen molar-refractivity contribution in [2.24, 2.45) is 11.3 Å². The number of halogens is 1. The predicted molar refractivity (Wildman–Crippen MR) is 113 cm³/mol. The Morgan fingerprint density at radius 3 is 2.57 bits per heavy atom. The van der Waals surface area contributed by atoms with Crippen molar-refractivity contribution in [2.75, 3.05) is 19.3 Å². The topological polar surface area (TPSA) is 66.5 Å². The Labute approximate surface area is 173 Å². The van der Waals surface area contributed by atoms with Crippen molar-refractivity contribution in [3.05, 3.63) is 34.3 Å². The third-order valence-electron chi connectivity index (χ3n) is 6.16. The molecule has 0 bridgehead atoms. The molecule has 5 nitrogen and oxygen atoms in total. The maximum absolute atomic E-state index is 12.6. The average molecular weight is 427 g/mol. The number of nitrogens with zero attached hydrogens (tertiary/aromatic N) is 1. The fourth-order valence-electron chi connectivity index (χ4n) is 4.31. The predicted octanol–water partition coefficient (Wildman–Crippen LogP) is 4.00. The summed E-state index contributed by atoms with van der Waals surface area (Å²) in [6.07, 6.45) is 5.80. The molecule has 0 saturated heterocycles. The molecule has 28 heavy (non-hydrogen) atoms. The maximum atomic E-state index is 12.6. The first-order chi connectivity index (χ1) is 13.2. The first-order valence-electron chi connectivity index (χ1n) is 10.2. The van der Waals surface area contributed by atoms with Gasteiger partial charge in [0.25, 0.3) is 5.91 Å². The Balaban J connectivity index is 1.63. The molecule has 2 fully saturated rings. The Bertz CT molecular complexity index is 830. The summed E-state index contributed by atoms with van der Waals surface area (Å²) in [5.41, 5.74) is 1.51. The van der Waals surface area contributed by atoms with Gasteiger partial charge in [-0.05, 0) is 61.6 Å². The zero-order valence-electron chi connectivity index (χ0n) is 17.0. The van der Waals surface area contributed by atoms with E-state index in [4.69, 9.17) is 11.6 Å². The third kappa shape index (κ3) is 4.89. The average Bonchev–Trinajstić information content (AvgIpc) is 3.39. The second kappa shape index (κ2) is 8.33. The highest BCUT2D eigenvalue weighted by Gasteiger charge is 2.50. The zero-order valence-corrected chi connectivity index (χ0v) is 18.6. The number of benzene rings is 1. The molecule has 2 saturated carbocycles. The fourth-order valence-corrected chi connectivity index (χ4v) is 6.04. The summed E-state index contributed by atoms with van der Waals surface area (Å²) in [6.45, 7) is 4.40. The van der Waals surface area contributed by atoms with Gasteiger partial charge in [-0.1, -0.05) is 37.4 Å². The number of carbonyl (C=O) groups excluding carboxylic acids is 1. The van der Waals surface area contributed by atoms with Crippen LogP contribution in [-0.4, -0.2) is 44.0 Å². The van der Waals surface area contributed by atoms with Gasteiger partial charge in [0.15, 0.2) is 0 Å². The number of hydrogen-bond acceptors (Lipinski definition) is 3. The standard InChI is InChI=1S/C21H31ClN2O3S/c1-4-9-28(26,27)24(3)17-12-21(13-17,11-16-6-7-16)14-23-20(25)18-8-5-15(2)10-19(18)22/h5,8,10,16-17H,4,6-7,9,11-14H2,1-3H3,(H,23,25)/t17-,21-. The summed E-state index contributed by atoms with van der Waals surface area (Å²) >= 11 is 6.23. The van der Waals surface area contributed by atoms with Crippen molar-refractivity contribution in [3.63, 3.8) is 0 Å². The molecule has 7 heteroatoms. The normalized spacial score (nSPS) is 24.8. The van der Waals surface area contributed by atoms with Crippen LogP contribution >= 0.6 is 11.6 Å². The molecule has 0 heterocycles. The largest absolute Gasteiger partial charge is 0.351 e. The van der Waals surface area contributed by atoms with Crippen LogP contribution in [0.1, 0.15) is 61.4 Å². The van der Waals surface area contributed by atoms with Crippen LogP contribution in [0.4, 0.5) is 0 Å². The smallest absolute Gasteiger partial charge is 0.252 e. The van der Waals surface area contributed by atoms with Crippen LogP contribution in [0.5, 0.6) is 0 Å². The molecular weight excluding hydrogens is 396 g/mol. The number of sulfonamides is 1. The van der Waals surface area contributed by atoms with E-state index in [0.717, 1.165) is 30.7 Å². The second-order valence-electron chi connectivity index (χ2n) is 8.71. The quantitative estimate of drug-likeness (QED) is 0.649. The highest BCUT2D eigenvalue weighted by Crippen LogP contribution is 2.52. The minimum absolute atomic E-state index is 0.00530. The molecule has 0 spiro atoms. The Morgan fingerprint density at radius 2 is 2.00 bits per heavy atom. The molecule has 0 unspecified atom stereocenters. The highest BCUT2D eigenvalue weighted by atomic mass is 35.5. The molecule has 2 aliphatic rings. The van der Waals surface area contributed by atoms with E-state index < -0.39 is 10.0 Å². The lowest BCUT2D eigenvalue weighted by Gasteiger charge is -2.51. The summed E-state index contributed by atoms with van der Waals surface area (Å²) in [6, 6.07) is 5.47. The van der Waals surface area contributed by atoms with Gasteiger partial charge in [0.2, 0.25) is 10.0 Å². The molecule has 0 aromatic heterocycles. The molecule has 0 aliphatic heterocycles. The van der Waals surface area contributed by atoms with Crippen LogP contribution < -0.4 is 5.32 Å². The van der Waals surface area contributed by atoms with Gasteiger partial charge in [0.05, 0.1) is 16.3 Å². The monoisotopic (exact) mass is 426 g/mol. The van der Waals surface area contributed by atoms with Crippen molar-refractivity contribution in [1.82, 2.24) is 9.62 Å². The van der Waals surface area contributed by atoms with Gasteiger partial charge in [-0.3, -0.25) is 4.79 Å². The van der Waals surface area contributed by atoms with Gasteiger partial charge in [-0.2, -0.15) is 0 Å². The van der Waals surface area contributed by atoms with Crippen molar-refractivity contribution >= 4 is 27.5 Å². The minimum atomic E-state index is -3.19. The summed E-state index contributed by atoms with van der Waals surface area (Å²) in [5, 5.41) is 3.53. The van der Waals surface area contributed by atoms with Crippen molar-refractivity contribution in [1.29, 1.82) is 0 Å². The van der Waals surface area contributed by atoms with E-state index in [1.165, 1.54) is 12.8 Å². The molecule has 1 N–H and O–H groups in total. The van der Waals surface area contributed by atoms with E-state index in [-0.39, 0.29) is 23.1 Å². The van der Waals surface area contributed by atoms with E-state index >= 15 is 0 Å². The van der Waals surface area contributed by atoms with E-state index in [1.807, 2.05) is 19.9 Å². The minimum Gasteiger partial charge on any atom is -0.351 e. The number of rotatable bonds is 9. The number of hydrogen-bond donors (Lipinski definition) is 1. The van der Waals surface area contributed by atoms with E-state index in [0.29, 0.717) is 23.6 Å². The van der Waals surface area contributed by atoms with E-state index in [1.54, 1.807) is 23.5 Å². The van der Waals surface area contributed by atoms with Crippen LogP contribution in [0, 0.1) is 18.3 Å². The van der Waals surface area contributed by atoms with Gasteiger partial charge in [-0.25, -0.2) is 12.7 Å². The summed E-state index contributed by atoms with van der Waals surface area (Å²) in [5.74, 6) is 0.757. The zero-order chi connectivity index (χ0) is 20.5. The highest BCUT2D eigenvalue weighted by molar-refractivity contribution is 7.89. The SMILES string of the molecule is CCCS(=O)(=O)N(C)[C@H]1C[C@@](CNC(=O)c2ccc(C)cc2Cl)(CC2CC2)C1. The molecular formula is C21H31ClN2O3S. The van der Waals surface area contributed by atoms with Crippen LogP contribution in [0.3, 0.4) is 0 Å². The number of aryl methyl sites for hydroxylation is 1. The first-order valence-corrected chi connectivity index (χ1v) is 12.1. The van der Waals surface area contributed by atoms with Crippen molar-refractivity contribution in [2.45, 2.75) is 58.4 Å². The molecule has 2 aliphatic carbocycles. The maximum Gasteiger partial charge on any atom is 0.252 e. The number of carbonyl (C=O) groups is 1. The Hall–Kier alpha value is -1.11. The van der Waals surface area contributed by atoms with Crippen molar-refractivity contribution in [3.8, 4) is 0 Å². The lowest BCUT2D eigenvalue weighted by Crippen LogP contribution is -2.56. The fraction of sp³-hybridized carbons (Fsp3) is 0.667. The van der Waals surface area contributed by atoms with Crippen LogP contribution in [0.15, 0.2) is 18.2 Å². The summed E-state index contributed by atoms with van der Waals surface area (Å²) in [4.78, 5) is 12.6. The van der Waals surface area contributed by atoms with Gasteiger partial charge < -0.3 is 5.32 Å². The van der Waals surface area contributed by atoms with Crippen LogP contribution in [0.25, 0.3) is 0 Å². The number of nitrogens with one attached hydrogen (secondary N) is 1. The molecule has 0 radical (unpaired) electrons. The van der Waals surface area contributed by atoms with E-state index in [2.05, 4.69) is 5.32 Å². The van der Waals surface area contributed by atoms with Gasteiger partial charge >= 0.3 is 0 Å². The Morgan fingerprint density at radius 1 is 1.32 bits per heavy atom. The molecule has 1 amide bonds. The van der Waals surface area contributed by atoms with Gasteiger partial charge in [0.1, 0.15) is 0 Å².